The Hall–Kier alpha value is -4.24. The molecular formula is C29H25FN6O2. The van der Waals surface area contributed by atoms with Crippen LogP contribution in [0.3, 0.4) is 0 Å². The molecule has 0 spiro atoms. The number of imidazole rings is 1. The van der Waals surface area contributed by atoms with Crippen molar-refractivity contribution in [2.45, 2.75) is 36.6 Å². The van der Waals surface area contributed by atoms with Crippen molar-refractivity contribution < 1.29 is 13.9 Å². The van der Waals surface area contributed by atoms with Crippen LogP contribution < -0.4 is 5.32 Å². The molecule has 1 amide bonds. The maximum Gasteiger partial charge on any atom is 0.254 e. The number of carbonyl (C=O) groups is 1. The van der Waals surface area contributed by atoms with Crippen LogP contribution in [0, 0.1) is 5.82 Å². The highest BCUT2D eigenvalue weighted by atomic mass is 19.1. The van der Waals surface area contributed by atoms with Gasteiger partial charge in [0.1, 0.15) is 11.5 Å². The molecule has 2 aliphatic carbocycles. The summed E-state index contributed by atoms with van der Waals surface area (Å²) in [6.45, 7) is 0.416. The van der Waals surface area contributed by atoms with Gasteiger partial charge in [-0.25, -0.2) is 14.4 Å². The summed E-state index contributed by atoms with van der Waals surface area (Å²) in [4.78, 5) is 26.1. The van der Waals surface area contributed by atoms with Gasteiger partial charge in [0, 0.05) is 29.7 Å². The summed E-state index contributed by atoms with van der Waals surface area (Å²) >= 11 is 0. The summed E-state index contributed by atoms with van der Waals surface area (Å²) in [5.41, 5.74) is 3.54. The highest BCUT2D eigenvalue weighted by Crippen LogP contribution is 2.53. The van der Waals surface area contributed by atoms with Crippen molar-refractivity contribution in [3.05, 3.63) is 89.8 Å². The molecule has 0 unspecified atom stereocenters. The zero-order valence-electron chi connectivity index (χ0n) is 20.8. The van der Waals surface area contributed by atoms with Gasteiger partial charge in [-0.05, 0) is 61.6 Å². The number of ether oxygens (including phenoxy) is 1. The molecule has 2 saturated carbocycles. The predicted octanol–water partition coefficient (Wildman–Crippen LogP) is 4.47. The van der Waals surface area contributed by atoms with E-state index in [-0.39, 0.29) is 16.5 Å². The molecule has 0 bridgehead atoms. The molecule has 8 nitrogen and oxygen atoms in total. The van der Waals surface area contributed by atoms with Gasteiger partial charge in [0.25, 0.3) is 11.7 Å². The van der Waals surface area contributed by atoms with Crippen molar-refractivity contribution in [1.82, 2.24) is 29.9 Å². The van der Waals surface area contributed by atoms with Crippen molar-refractivity contribution >= 4 is 22.6 Å². The molecule has 9 heteroatoms. The molecule has 0 aliphatic heterocycles. The van der Waals surface area contributed by atoms with Crippen LogP contribution in [0.1, 0.15) is 47.3 Å². The molecule has 3 aromatic heterocycles. The third-order valence-corrected chi connectivity index (χ3v) is 7.79. The van der Waals surface area contributed by atoms with Gasteiger partial charge in [0.05, 0.1) is 41.3 Å². The number of hydrogen-bond acceptors (Lipinski definition) is 6. The number of pyridine rings is 1. The molecule has 3 heterocycles. The number of fused-ring (bicyclic) bond motifs is 2. The molecule has 2 fully saturated rings. The monoisotopic (exact) mass is 508 g/mol. The average Bonchev–Trinajstić information content (AvgIpc) is 3.85. The normalized spacial score (nSPS) is 17.0. The smallest absolute Gasteiger partial charge is 0.254 e. The number of rotatable bonds is 7. The summed E-state index contributed by atoms with van der Waals surface area (Å²) in [6.07, 6.45) is 8.81. The number of carbonyl (C=O) groups excluding carboxylic acids is 1. The Balaban J connectivity index is 1.22. The zero-order valence-corrected chi connectivity index (χ0v) is 20.8. The molecule has 0 saturated heterocycles. The van der Waals surface area contributed by atoms with E-state index in [4.69, 9.17) is 9.84 Å². The van der Waals surface area contributed by atoms with Gasteiger partial charge in [-0.2, -0.15) is 9.61 Å². The standard InChI is InChI=1S/C29H25FN6O2/c1-38-17-28(8-9-28)34-26(37)21-6-4-19(14-22(21)30)24-15-32-27-33-16-25(36(27)35-24)29(10-11-29)20-5-7-23-18(13-20)3-2-12-31-23/h2-7,12-16H,8-11,17H2,1H3,(H,34,37). The van der Waals surface area contributed by atoms with Gasteiger partial charge in [0.15, 0.2) is 0 Å². The Bertz CT molecular complexity index is 1720. The molecule has 2 aliphatic rings. The van der Waals surface area contributed by atoms with E-state index in [1.54, 1.807) is 30.1 Å². The SMILES string of the molecule is COCC1(NC(=O)c2ccc(-c3cnc4ncc(C5(c6ccc7ncccc7c6)CC5)n4n3)cc2F)CC1. The van der Waals surface area contributed by atoms with Crippen LogP contribution in [0.4, 0.5) is 4.39 Å². The van der Waals surface area contributed by atoms with Crippen molar-refractivity contribution in [1.29, 1.82) is 0 Å². The first-order chi connectivity index (χ1) is 18.5. The Labute approximate surface area is 217 Å². The lowest BCUT2D eigenvalue weighted by molar-refractivity contribution is 0.0878. The van der Waals surface area contributed by atoms with Crippen molar-refractivity contribution in [3.8, 4) is 11.3 Å². The lowest BCUT2D eigenvalue weighted by atomic mass is 9.91. The van der Waals surface area contributed by atoms with Crippen LogP contribution in [-0.4, -0.2) is 49.7 Å². The Morgan fingerprint density at radius 1 is 1.05 bits per heavy atom. The minimum Gasteiger partial charge on any atom is -0.382 e. The minimum absolute atomic E-state index is 0.00351. The van der Waals surface area contributed by atoms with E-state index in [0.717, 1.165) is 42.3 Å². The lowest BCUT2D eigenvalue weighted by Gasteiger charge is -2.17. The first kappa shape index (κ1) is 22.9. The first-order valence-electron chi connectivity index (χ1n) is 12.7. The Kier molecular flexibility index (Phi) is 5.06. The first-order valence-corrected chi connectivity index (χ1v) is 12.7. The largest absolute Gasteiger partial charge is 0.382 e. The second-order valence-electron chi connectivity index (χ2n) is 10.4. The molecule has 1 N–H and O–H groups in total. The van der Waals surface area contributed by atoms with Gasteiger partial charge in [-0.3, -0.25) is 9.78 Å². The topological polar surface area (TPSA) is 94.3 Å². The van der Waals surface area contributed by atoms with Crippen LogP contribution in [0.25, 0.3) is 27.9 Å². The number of amides is 1. The van der Waals surface area contributed by atoms with Crippen molar-refractivity contribution in [2.75, 3.05) is 13.7 Å². The molecule has 0 atom stereocenters. The summed E-state index contributed by atoms with van der Waals surface area (Å²) in [5, 5.41) is 8.81. The maximum absolute atomic E-state index is 15.1. The summed E-state index contributed by atoms with van der Waals surface area (Å²) in [6, 6.07) is 14.9. The number of nitrogens with one attached hydrogen (secondary N) is 1. The van der Waals surface area contributed by atoms with Crippen LogP contribution in [0.2, 0.25) is 0 Å². The van der Waals surface area contributed by atoms with Gasteiger partial charge >= 0.3 is 0 Å². The van der Waals surface area contributed by atoms with Crippen molar-refractivity contribution in [2.24, 2.45) is 0 Å². The van der Waals surface area contributed by atoms with Gasteiger partial charge in [0.2, 0.25) is 0 Å². The second-order valence-corrected chi connectivity index (χ2v) is 10.4. The van der Waals surface area contributed by atoms with Gasteiger partial charge < -0.3 is 10.1 Å². The summed E-state index contributed by atoms with van der Waals surface area (Å²) in [5.74, 6) is -0.561. The summed E-state index contributed by atoms with van der Waals surface area (Å²) < 4.78 is 22.0. The fraction of sp³-hybridized carbons (Fsp3) is 0.276. The third kappa shape index (κ3) is 3.73. The predicted molar refractivity (Wildman–Crippen MR) is 139 cm³/mol. The average molecular weight is 509 g/mol. The van der Waals surface area contributed by atoms with E-state index in [0.29, 0.717) is 23.6 Å². The maximum atomic E-state index is 15.1. The summed E-state index contributed by atoms with van der Waals surface area (Å²) in [7, 11) is 1.59. The number of benzene rings is 2. The number of hydrogen-bond donors (Lipinski definition) is 1. The van der Waals surface area contributed by atoms with Crippen molar-refractivity contribution in [3.63, 3.8) is 0 Å². The van der Waals surface area contributed by atoms with E-state index in [1.807, 2.05) is 18.3 Å². The fourth-order valence-corrected chi connectivity index (χ4v) is 5.32. The Morgan fingerprint density at radius 3 is 2.66 bits per heavy atom. The number of methoxy groups -OCH3 is 1. The molecular weight excluding hydrogens is 483 g/mol. The van der Waals surface area contributed by atoms with Crippen LogP contribution in [-0.2, 0) is 10.2 Å². The number of aromatic nitrogens is 5. The van der Waals surface area contributed by atoms with E-state index in [9.17, 15) is 4.79 Å². The molecule has 0 radical (unpaired) electrons. The molecule has 190 valence electrons. The quantitative estimate of drug-likeness (QED) is 0.349. The van der Waals surface area contributed by atoms with Crippen LogP contribution in [0.5, 0.6) is 0 Å². The number of halogens is 1. The van der Waals surface area contributed by atoms with Gasteiger partial charge in [-0.15, -0.1) is 0 Å². The van der Waals surface area contributed by atoms with Crippen LogP contribution >= 0.6 is 0 Å². The second kappa shape index (κ2) is 8.39. The van der Waals surface area contributed by atoms with Gasteiger partial charge in [-0.1, -0.05) is 18.2 Å². The molecule has 38 heavy (non-hydrogen) atoms. The fourth-order valence-electron chi connectivity index (χ4n) is 5.32. The Morgan fingerprint density at radius 2 is 1.89 bits per heavy atom. The highest BCUT2D eigenvalue weighted by Gasteiger charge is 2.49. The number of nitrogens with zero attached hydrogens (tertiary/aromatic N) is 5. The van der Waals surface area contributed by atoms with E-state index >= 15 is 4.39 Å². The molecule has 5 aromatic rings. The van der Waals surface area contributed by atoms with E-state index in [2.05, 4.69) is 38.5 Å². The molecule has 7 rings (SSSR count). The van der Waals surface area contributed by atoms with E-state index < -0.39 is 11.7 Å². The molecule has 2 aromatic carbocycles. The minimum atomic E-state index is -0.607. The third-order valence-electron chi connectivity index (χ3n) is 7.79. The highest BCUT2D eigenvalue weighted by molar-refractivity contribution is 5.95. The lowest BCUT2D eigenvalue weighted by Crippen LogP contribution is -2.40. The zero-order chi connectivity index (χ0) is 25.9. The van der Waals surface area contributed by atoms with E-state index in [1.165, 1.54) is 17.7 Å². The van der Waals surface area contributed by atoms with Crippen LogP contribution in [0.15, 0.2) is 67.1 Å².